The molecule has 9 heteroatoms. The number of benzene rings is 1. The van der Waals surface area contributed by atoms with Gasteiger partial charge < -0.3 is 9.72 Å². The van der Waals surface area contributed by atoms with Crippen LogP contribution in [0.25, 0.3) is 10.9 Å². The molecule has 2 saturated carbocycles. The maximum Gasteiger partial charge on any atom is 0.253 e. The maximum atomic E-state index is 13.5. The predicted molar refractivity (Wildman–Crippen MR) is 138 cm³/mol. The Hall–Kier alpha value is -2.78. The number of nitrogens with one attached hydrogen (secondary N) is 1. The van der Waals surface area contributed by atoms with Gasteiger partial charge in [0.1, 0.15) is 11.8 Å². The normalized spacial score (nSPS) is 21.8. The smallest absolute Gasteiger partial charge is 0.253 e. The van der Waals surface area contributed by atoms with Crippen LogP contribution in [0.4, 0.5) is 0 Å². The lowest BCUT2D eigenvalue weighted by Crippen LogP contribution is -2.52. The highest BCUT2D eigenvalue weighted by Gasteiger charge is 2.35. The average Bonchev–Trinajstić information content (AvgIpc) is 3.62. The SMILES string of the molecule is COc1ccc2[nH]c(=O)c(C(c3nnnn3C3CCCC3)N3CCN(C4CCCCC4)CC3)cc2c1. The van der Waals surface area contributed by atoms with Crippen LogP contribution in [0.2, 0.25) is 0 Å². The van der Waals surface area contributed by atoms with E-state index in [9.17, 15) is 4.79 Å². The fourth-order valence-corrected chi connectivity index (χ4v) is 6.63. The average molecular weight is 492 g/mol. The molecule has 1 atom stereocenters. The summed E-state index contributed by atoms with van der Waals surface area (Å²) in [6.45, 7) is 3.83. The van der Waals surface area contributed by atoms with E-state index in [1.54, 1.807) is 7.11 Å². The van der Waals surface area contributed by atoms with Gasteiger partial charge in [0, 0.05) is 48.7 Å². The van der Waals surface area contributed by atoms with Gasteiger partial charge in [-0.25, -0.2) is 4.68 Å². The second kappa shape index (κ2) is 10.3. The molecule has 3 aliphatic rings. The summed E-state index contributed by atoms with van der Waals surface area (Å²) in [7, 11) is 1.66. The number of aromatic amines is 1. The molecule has 1 aromatic carbocycles. The van der Waals surface area contributed by atoms with Gasteiger partial charge in [0.15, 0.2) is 5.82 Å². The highest BCUT2D eigenvalue weighted by molar-refractivity contribution is 5.80. The van der Waals surface area contributed by atoms with Gasteiger partial charge in [-0.05, 0) is 60.4 Å². The number of piperazine rings is 1. The van der Waals surface area contributed by atoms with Crippen LogP contribution in [0.1, 0.15) is 81.3 Å². The number of nitrogens with zero attached hydrogens (tertiary/aromatic N) is 6. The van der Waals surface area contributed by atoms with Gasteiger partial charge in [-0.2, -0.15) is 0 Å². The minimum absolute atomic E-state index is 0.0756. The topological polar surface area (TPSA) is 92.2 Å². The van der Waals surface area contributed by atoms with Gasteiger partial charge in [0.25, 0.3) is 5.56 Å². The number of ether oxygens (including phenoxy) is 1. The third-order valence-corrected chi connectivity index (χ3v) is 8.61. The van der Waals surface area contributed by atoms with Crippen molar-refractivity contribution in [2.24, 2.45) is 0 Å². The number of rotatable bonds is 6. The van der Waals surface area contributed by atoms with Crippen molar-refractivity contribution in [1.82, 2.24) is 35.0 Å². The molecule has 3 fully saturated rings. The summed E-state index contributed by atoms with van der Waals surface area (Å²) >= 11 is 0. The number of hydrogen-bond acceptors (Lipinski definition) is 7. The molecule has 36 heavy (non-hydrogen) atoms. The van der Waals surface area contributed by atoms with Crippen LogP contribution < -0.4 is 10.3 Å². The van der Waals surface area contributed by atoms with E-state index in [1.807, 2.05) is 28.9 Å². The molecule has 1 unspecified atom stereocenters. The van der Waals surface area contributed by atoms with Crippen molar-refractivity contribution in [2.45, 2.75) is 75.9 Å². The van der Waals surface area contributed by atoms with Crippen LogP contribution >= 0.6 is 0 Å². The maximum absolute atomic E-state index is 13.5. The minimum atomic E-state index is -0.284. The fraction of sp³-hybridized carbons (Fsp3) is 0.630. The monoisotopic (exact) mass is 491 g/mol. The lowest BCUT2D eigenvalue weighted by Gasteiger charge is -2.43. The molecule has 192 valence electrons. The van der Waals surface area contributed by atoms with Crippen LogP contribution in [0.15, 0.2) is 29.1 Å². The lowest BCUT2D eigenvalue weighted by atomic mass is 9.93. The second-order valence-electron chi connectivity index (χ2n) is 10.7. The van der Waals surface area contributed by atoms with E-state index in [0.29, 0.717) is 17.6 Å². The van der Waals surface area contributed by atoms with Crippen LogP contribution in [-0.4, -0.2) is 74.3 Å². The number of aromatic nitrogens is 5. The summed E-state index contributed by atoms with van der Waals surface area (Å²) in [6.07, 6.45) is 11.3. The number of fused-ring (bicyclic) bond motifs is 1. The molecule has 3 aromatic rings. The molecule has 0 radical (unpaired) electrons. The van der Waals surface area contributed by atoms with Gasteiger partial charge >= 0.3 is 0 Å². The predicted octanol–water partition coefficient (Wildman–Crippen LogP) is 3.68. The summed E-state index contributed by atoms with van der Waals surface area (Å²) in [5.74, 6) is 1.56. The van der Waals surface area contributed by atoms with E-state index < -0.39 is 0 Å². The highest BCUT2D eigenvalue weighted by Crippen LogP contribution is 2.35. The molecule has 1 saturated heterocycles. The first-order chi connectivity index (χ1) is 17.7. The number of methoxy groups -OCH3 is 1. The molecule has 2 aliphatic carbocycles. The highest BCUT2D eigenvalue weighted by atomic mass is 16.5. The van der Waals surface area contributed by atoms with E-state index in [2.05, 4.69) is 30.3 Å². The summed E-state index contributed by atoms with van der Waals surface area (Å²) in [4.78, 5) is 21.7. The first kappa shape index (κ1) is 23.6. The summed E-state index contributed by atoms with van der Waals surface area (Å²) < 4.78 is 7.47. The minimum Gasteiger partial charge on any atom is -0.497 e. The van der Waals surface area contributed by atoms with Crippen LogP contribution in [0.3, 0.4) is 0 Å². The zero-order valence-corrected chi connectivity index (χ0v) is 21.2. The number of H-pyrrole nitrogens is 1. The Morgan fingerprint density at radius 3 is 2.42 bits per heavy atom. The van der Waals surface area contributed by atoms with Gasteiger partial charge in [0.2, 0.25) is 0 Å². The Morgan fingerprint density at radius 1 is 0.944 bits per heavy atom. The molecular formula is C27H37N7O2. The number of pyridine rings is 1. The van der Waals surface area contributed by atoms with Crippen molar-refractivity contribution in [2.75, 3.05) is 33.3 Å². The molecule has 9 nitrogen and oxygen atoms in total. The largest absolute Gasteiger partial charge is 0.497 e. The molecule has 6 rings (SSSR count). The first-order valence-electron chi connectivity index (χ1n) is 13.7. The quantitative estimate of drug-likeness (QED) is 0.562. The summed E-state index contributed by atoms with van der Waals surface area (Å²) in [5.41, 5.74) is 1.44. The van der Waals surface area contributed by atoms with Crippen LogP contribution in [-0.2, 0) is 0 Å². The molecule has 0 bridgehead atoms. The molecule has 1 aliphatic heterocycles. The van der Waals surface area contributed by atoms with E-state index in [1.165, 1.54) is 44.9 Å². The Kier molecular flexibility index (Phi) is 6.75. The third-order valence-electron chi connectivity index (χ3n) is 8.61. The number of tetrazole rings is 1. The molecular weight excluding hydrogens is 454 g/mol. The van der Waals surface area contributed by atoms with Crippen molar-refractivity contribution >= 4 is 10.9 Å². The third kappa shape index (κ3) is 4.54. The lowest BCUT2D eigenvalue weighted by molar-refractivity contribution is 0.0613. The standard InChI is InChI=1S/C27H37N7O2/c1-36-22-11-12-24-19(17-22)18-23(27(35)28-24)25(26-29-30-31-34(26)21-9-5-6-10-21)33-15-13-32(14-16-33)20-7-3-2-4-8-20/h11-12,17-18,20-21,25H,2-10,13-16H2,1H3,(H,28,35). The van der Waals surface area contributed by atoms with Crippen LogP contribution in [0, 0.1) is 0 Å². The Morgan fingerprint density at radius 2 is 1.67 bits per heavy atom. The van der Waals surface area contributed by atoms with Crippen molar-refractivity contribution in [1.29, 1.82) is 0 Å². The van der Waals surface area contributed by atoms with E-state index in [-0.39, 0.29) is 11.6 Å². The van der Waals surface area contributed by atoms with Crippen molar-refractivity contribution in [3.63, 3.8) is 0 Å². The molecule has 3 heterocycles. The molecule has 2 aromatic heterocycles. The van der Waals surface area contributed by atoms with Gasteiger partial charge in [-0.3, -0.25) is 14.6 Å². The zero-order chi connectivity index (χ0) is 24.5. The number of hydrogen-bond donors (Lipinski definition) is 1. The molecule has 1 N–H and O–H groups in total. The van der Waals surface area contributed by atoms with Crippen molar-refractivity contribution in [3.8, 4) is 5.75 Å². The summed E-state index contributed by atoms with van der Waals surface area (Å²) in [5, 5.41) is 14.0. The first-order valence-corrected chi connectivity index (χ1v) is 13.7. The fourth-order valence-electron chi connectivity index (χ4n) is 6.63. The Bertz CT molecular complexity index is 1230. The van der Waals surface area contributed by atoms with E-state index >= 15 is 0 Å². The second-order valence-corrected chi connectivity index (χ2v) is 10.7. The van der Waals surface area contributed by atoms with Crippen molar-refractivity contribution in [3.05, 3.63) is 46.0 Å². The molecule has 0 amide bonds. The molecule has 0 spiro atoms. The Balaban J connectivity index is 1.37. The van der Waals surface area contributed by atoms with Gasteiger partial charge in [0.05, 0.1) is 13.2 Å². The van der Waals surface area contributed by atoms with E-state index in [4.69, 9.17) is 4.74 Å². The zero-order valence-electron chi connectivity index (χ0n) is 21.2. The van der Waals surface area contributed by atoms with Crippen molar-refractivity contribution < 1.29 is 4.74 Å². The van der Waals surface area contributed by atoms with E-state index in [0.717, 1.165) is 61.5 Å². The van der Waals surface area contributed by atoms with Gasteiger partial charge in [-0.1, -0.05) is 32.1 Å². The summed E-state index contributed by atoms with van der Waals surface area (Å²) in [6, 6.07) is 8.50. The van der Waals surface area contributed by atoms with Gasteiger partial charge in [-0.15, -0.1) is 5.10 Å². The van der Waals surface area contributed by atoms with Crippen LogP contribution in [0.5, 0.6) is 5.75 Å². The Labute approximate surface area is 211 Å².